The minimum atomic E-state index is -0.118. The van der Waals surface area contributed by atoms with E-state index in [2.05, 4.69) is 17.6 Å². The van der Waals surface area contributed by atoms with Gasteiger partial charge >= 0.3 is 0 Å². The van der Waals surface area contributed by atoms with Gasteiger partial charge in [-0.15, -0.1) is 0 Å². The fourth-order valence-corrected chi connectivity index (χ4v) is 2.59. The van der Waals surface area contributed by atoms with Gasteiger partial charge in [-0.25, -0.2) is 0 Å². The molecule has 3 atom stereocenters. The molecule has 0 aromatic carbocycles. The van der Waals surface area contributed by atoms with Gasteiger partial charge in [0.15, 0.2) is 0 Å². The van der Waals surface area contributed by atoms with Gasteiger partial charge in [-0.2, -0.15) is 0 Å². The van der Waals surface area contributed by atoms with Crippen LogP contribution in [0.5, 0.6) is 0 Å². The topological polar surface area (TPSA) is 64.6 Å². The Labute approximate surface area is 96.2 Å². The first kappa shape index (κ1) is 11.8. The standard InChI is InChI=1S/C11H21N3O2/c1-8-2-5-14(10(8)7-15)11(16)9-6-12-3-4-13-9/h8-10,12-13,15H,2-7H2,1H3. The zero-order valence-corrected chi connectivity index (χ0v) is 9.78. The minimum absolute atomic E-state index is 0.0104. The second-order valence-corrected chi connectivity index (χ2v) is 4.76. The van der Waals surface area contributed by atoms with Crippen molar-refractivity contribution in [3.05, 3.63) is 0 Å². The predicted octanol–water partition coefficient (Wildman–Crippen LogP) is -1.22. The second kappa shape index (κ2) is 5.12. The summed E-state index contributed by atoms with van der Waals surface area (Å²) < 4.78 is 0. The van der Waals surface area contributed by atoms with Crippen LogP contribution in [0.4, 0.5) is 0 Å². The molecule has 0 bridgehead atoms. The number of likely N-dealkylation sites (tertiary alicyclic amines) is 1. The highest BCUT2D eigenvalue weighted by Gasteiger charge is 2.36. The van der Waals surface area contributed by atoms with E-state index in [1.807, 2.05) is 4.90 Å². The highest BCUT2D eigenvalue weighted by molar-refractivity contribution is 5.83. The number of aliphatic hydroxyl groups is 1. The van der Waals surface area contributed by atoms with Crippen molar-refractivity contribution >= 4 is 5.91 Å². The Morgan fingerprint density at radius 1 is 1.50 bits per heavy atom. The maximum Gasteiger partial charge on any atom is 0.241 e. The largest absolute Gasteiger partial charge is 0.394 e. The third-order valence-electron chi connectivity index (χ3n) is 3.69. The third kappa shape index (κ3) is 2.21. The summed E-state index contributed by atoms with van der Waals surface area (Å²) in [5.41, 5.74) is 0. The molecule has 3 N–H and O–H groups in total. The van der Waals surface area contributed by atoms with E-state index in [1.54, 1.807) is 0 Å². The molecule has 2 aliphatic rings. The molecule has 0 aliphatic carbocycles. The van der Waals surface area contributed by atoms with Gasteiger partial charge in [0.1, 0.15) is 0 Å². The van der Waals surface area contributed by atoms with Crippen LogP contribution in [0.25, 0.3) is 0 Å². The highest BCUT2D eigenvalue weighted by Crippen LogP contribution is 2.24. The molecule has 3 unspecified atom stereocenters. The summed E-state index contributed by atoms with van der Waals surface area (Å²) in [7, 11) is 0. The van der Waals surface area contributed by atoms with Crippen molar-refractivity contribution in [2.45, 2.75) is 25.4 Å². The molecule has 2 heterocycles. The molecule has 2 fully saturated rings. The lowest BCUT2D eigenvalue weighted by Gasteiger charge is -2.31. The van der Waals surface area contributed by atoms with E-state index in [0.717, 1.165) is 26.1 Å². The molecule has 0 aromatic rings. The molecule has 5 heteroatoms. The van der Waals surface area contributed by atoms with Crippen LogP contribution in [0.2, 0.25) is 0 Å². The summed E-state index contributed by atoms with van der Waals surface area (Å²) in [5, 5.41) is 15.8. The van der Waals surface area contributed by atoms with Crippen molar-refractivity contribution in [2.75, 3.05) is 32.8 Å². The Morgan fingerprint density at radius 3 is 2.94 bits per heavy atom. The summed E-state index contributed by atoms with van der Waals surface area (Å²) in [6.07, 6.45) is 0.997. The Morgan fingerprint density at radius 2 is 2.31 bits per heavy atom. The third-order valence-corrected chi connectivity index (χ3v) is 3.69. The van der Waals surface area contributed by atoms with Crippen molar-refractivity contribution in [3.8, 4) is 0 Å². The Balaban J connectivity index is 1.97. The van der Waals surface area contributed by atoms with Gasteiger partial charge in [0, 0.05) is 26.2 Å². The average molecular weight is 227 g/mol. The number of hydrogen-bond acceptors (Lipinski definition) is 4. The molecule has 2 rings (SSSR count). The summed E-state index contributed by atoms with van der Waals surface area (Å²) in [5.74, 6) is 0.543. The van der Waals surface area contributed by atoms with Gasteiger partial charge in [-0.05, 0) is 12.3 Å². The number of carbonyl (C=O) groups excluding carboxylic acids is 1. The van der Waals surface area contributed by atoms with Crippen LogP contribution in [0.1, 0.15) is 13.3 Å². The summed E-state index contributed by atoms with van der Waals surface area (Å²) in [4.78, 5) is 14.1. The zero-order valence-electron chi connectivity index (χ0n) is 9.78. The molecule has 0 spiro atoms. The molecule has 16 heavy (non-hydrogen) atoms. The fraction of sp³-hybridized carbons (Fsp3) is 0.909. The number of carbonyl (C=O) groups is 1. The fourth-order valence-electron chi connectivity index (χ4n) is 2.59. The molecule has 0 saturated carbocycles. The van der Waals surface area contributed by atoms with E-state index in [-0.39, 0.29) is 24.6 Å². The molecule has 0 aromatic heterocycles. The van der Waals surface area contributed by atoms with Crippen LogP contribution in [0, 0.1) is 5.92 Å². The van der Waals surface area contributed by atoms with Gasteiger partial charge in [-0.3, -0.25) is 4.79 Å². The van der Waals surface area contributed by atoms with Crippen molar-refractivity contribution in [1.29, 1.82) is 0 Å². The molecule has 2 saturated heterocycles. The van der Waals surface area contributed by atoms with Crippen molar-refractivity contribution < 1.29 is 9.90 Å². The number of nitrogens with zero attached hydrogens (tertiary/aromatic N) is 1. The lowest BCUT2D eigenvalue weighted by atomic mass is 10.0. The number of nitrogens with one attached hydrogen (secondary N) is 2. The first-order valence-corrected chi connectivity index (χ1v) is 6.09. The van der Waals surface area contributed by atoms with E-state index in [1.165, 1.54) is 0 Å². The maximum absolute atomic E-state index is 12.2. The van der Waals surface area contributed by atoms with E-state index in [4.69, 9.17) is 0 Å². The first-order chi connectivity index (χ1) is 7.74. The van der Waals surface area contributed by atoms with E-state index >= 15 is 0 Å². The van der Waals surface area contributed by atoms with Crippen molar-refractivity contribution in [1.82, 2.24) is 15.5 Å². The van der Waals surface area contributed by atoms with Crippen LogP contribution >= 0.6 is 0 Å². The number of piperazine rings is 1. The zero-order chi connectivity index (χ0) is 11.5. The van der Waals surface area contributed by atoms with Gasteiger partial charge in [0.05, 0.1) is 18.7 Å². The van der Waals surface area contributed by atoms with Crippen LogP contribution in [0.15, 0.2) is 0 Å². The van der Waals surface area contributed by atoms with E-state index < -0.39 is 0 Å². The summed E-state index contributed by atoms with van der Waals surface area (Å²) in [6, 6.07) is -0.107. The first-order valence-electron chi connectivity index (χ1n) is 6.09. The predicted molar refractivity (Wildman–Crippen MR) is 61.0 cm³/mol. The Kier molecular flexibility index (Phi) is 3.78. The molecule has 5 nitrogen and oxygen atoms in total. The SMILES string of the molecule is CC1CCN(C(=O)C2CNCCN2)C1CO. The summed E-state index contributed by atoms with van der Waals surface area (Å²) in [6.45, 7) is 5.41. The smallest absolute Gasteiger partial charge is 0.241 e. The maximum atomic E-state index is 12.2. The highest BCUT2D eigenvalue weighted by atomic mass is 16.3. The number of aliphatic hydroxyl groups excluding tert-OH is 1. The average Bonchev–Trinajstić information content (AvgIpc) is 2.70. The van der Waals surface area contributed by atoms with Crippen molar-refractivity contribution in [2.24, 2.45) is 5.92 Å². The van der Waals surface area contributed by atoms with Crippen LogP contribution < -0.4 is 10.6 Å². The van der Waals surface area contributed by atoms with Gasteiger partial charge in [0.2, 0.25) is 5.91 Å². The molecule has 1 amide bonds. The van der Waals surface area contributed by atoms with Gasteiger partial charge in [0.25, 0.3) is 0 Å². The Bertz CT molecular complexity index is 254. The van der Waals surface area contributed by atoms with Crippen LogP contribution in [0.3, 0.4) is 0 Å². The van der Waals surface area contributed by atoms with E-state index in [0.29, 0.717) is 12.5 Å². The number of hydrogen-bond donors (Lipinski definition) is 3. The second-order valence-electron chi connectivity index (χ2n) is 4.76. The van der Waals surface area contributed by atoms with Crippen molar-refractivity contribution in [3.63, 3.8) is 0 Å². The number of amides is 1. The lowest BCUT2D eigenvalue weighted by molar-refractivity contribution is -0.135. The summed E-state index contributed by atoms with van der Waals surface area (Å²) >= 11 is 0. The minimum Gasteiger partial charge on any atom is -0.394 e. The van der Waals surface area contributed by atoms with Gasteiger partial charge in [-0.1, -0.05) is 6.92 Å². The lowest BCUT2D eigenvalue weighted by Crippen LogP contribution is -2.58. The number of rotatable bonds is 2. The van der Waals surface area contributed by atoms with E-state index in [9.17, 15) is 9.90 Å². The molecular weight excluding hydrogens is 206 g/mol. The Hall–Kier alpha value is -0.650. The van der Waals surface area contributed by atoms with Crippen LogP contribution in [-0.2, 0) is 4.79 Å². The van der Waals surface area contributed by atoms with Crippen LogP contribution in [-0.4, -0.2) is 60.8 Å². The molecule has 92 valence electrons. The molecular formula is C11H21N3O2. The van der Waals surface area contributed by atoms with Gasteiger partial charge < -0.3 is 20.6 Å². The molecule has 2 aliphatic heterocycles. The monoisotopic (exact) mass is 227 g/mol. The quantitative estimate of drug-likeness (QED) is 0.553. The molecule has 0 radical (unpaired) electrons. The normalized spacial score (nSPS) is 35.4.